The Morgan fingerprint density at radius 2 is 1.41 bits per heavy atom. The van der Waals surface area contributed by atoms with Crippen molar-refractivity contribution in [2.24, 2.45) is 46.9 Å². The van der Waals surface area contributed by atoms with Crippen molar-refractivity contribution >= 4 is 22.9 Å². The molecule has 2 fully saturated rings. The van der Waals surface area contributed by atoms with Crippen LogP contribution in [0.4, 0.5) is 8.78 Å². The number of hydrogen-bond donors (Lipinski definition) is 2. The van der Waals surface area contributed by atoms with E-state index >= 15 is 0 Å². The first kappa shape index (κ1) is 42.9. The minimum Gasteiger partial charge on any atom is -0.396 e. The van der Waals surface area contributed by atoms with Crippen LogP contribution in [-0.4, -0.2) is 37.2 Å². The zero-order chi connectivity index (χ0) is 43.1. The fourth-order valence-electron chi connectivity index (χ4n) is 8.49. The summed E-state index contributed by atoms with van der Waals surface area (Å²) < 4.78 is 33.5. The molecule has 5 aliphatic rings. The lowest BCUT2D eigenvalue weighted by Crippen LogP contribution is -2.23. The fraction of sp³-hybridized carbons (Fsp3) is 0.429. The molecule has 2 aromatic heterocycles. The Balaban J connectivity index is 0.000000192. The molecule has 8 nitrogen and oxygen atoms in total. The van der Waals surface area contributed by atoms with Gasteiger partial charge in [0, 0.05) is 54.0 Å². The monoisotopic (exact) mass is 796 g/mol. The Bertz CT molecular complexity index is 2510. The molecule has 1 unspecified atom stereocenters. The Hall–Kier alpha value is -5.74. The molecular weight excluding hydrogens is 739 g/mol. The van der Waals surface area contributed by atoms with Crippen molar-refractivity contribution in [3.05, 3.63) is 106 Å². The molecule has 4 aliphatic carbocycles. The second kappa shape index (κ2) is 16.9. The molecule has 9 rings (SSSR count). The van der Waals surface area contributed by atoms with Gasteiger partial charge in [-0.3, -0.25) is 4.99 Å². The molecule has 2 aromatic carbocycles. The number of aromatic nitrogens is 4. The van der Waals surface area contributed by atoms with Gasteiger partial charge >= 0.3 is 0 Å². The lowest BCUT2D eigenvalue weighted by molar-refractivity contribution is 0.337. The van der Waals surface area contributed by atoms with Crippen LogP contribution in [0.25, 0.3) is 22.7 Å². The predicted octanol–water partition coefficient (Wildman–Crippen LogP) is 9.87. The number of hydrogen-bond acceptors (Lipinski definition) is 6. The summed E-state index contributed by atoms with van der Waals surface area (Å²) in [6.45, 7) is 24.2. The maximum atomic E-state index is 15.0. The molecule has 59 heavy (non-hydrogen) atoms. The van der Waals surface area contributed by atoms with E-state index < -0.39 is 0 Å². The molecule has 1 aliphatic heterocycles. The maximum absolute atomic E-state index is 15.0. The van der Waals surface area contributed by atoms with Gasteiger partial charge in [0.2, 0.25) is 0 Å². The number of rotatable bonds is 5. The third-order valence-electron chi connectivity index (χ3n) is 11.5. The summed E-state index contributed by atoms with van der Waals surface area (Å²) in [7, 11) is 3.96. The van der Waals surface area contributed by atoms with Crippen molar-refractivity contribution in [2.75, 3.05) is 6.54 Å². The van der Waals surface area contributed by atoms with E-state index in [9.17, 15) is 8.78 Å². The van der Waals surface area contributed by atoms with Crippen LogP contribution in [0.5, 0.6) is 0 Å². The third kappa shape index (κ3) is 8.69. The van der Waals surface area contributed by atoms with Gasteiger partial charge in [-0.2, -0.15) is 0 Å². The van der Waals surface area contributed by atoms with E-state index in [0.717, 1.165) is 71.0 Å². The lowest BCUT2D eigenvalue weighted by Gasteiger charge is -2.36. The number of nitrogens with zero attached hydrogens (tertiary/aromatic N) is 6. The minimum absolute atomic E-state index is 0.138. The molecule has 4 N–H and O–H groups in total. The van der Waals surface area contributed by atoms with Crippen molar-refractivity contribution in [1.29, 1.82) is 0 Å². The summed E-state index contributed by atoms with van der Waals surface area (Å²) in [5.41, 5.74) is 21.7. The summed E-state index contributed by atoms with van der Waals surface area (Å²) in [5, 5.41) is 0. The van der Waals surface area contributed by atoms with Gasteiger partial charge in [-0.25, -0.2) is 23.7 Å². The van der Waals surface area contributed by atoms with E-state index in [2.05, 4.69) is 51.8 Å². The molecule has 1 atom stereocenters. The third-order valence-corrected chi connectivity index (χ3v) is 11.5. The summed E-state index contributed by atoms with van der Waals surface area (Å²) >= 11 is 0. The van der Waals surface area contributed by atoms with E-state index in [1.54, 1.807) is 12.1 Å². The van der Waals surface area contributed by atoms with E-state index in [-0.39, 0.29) is 23.0 Å². The summed E-state index contributed by atoms with van der Waals surface area (Å²) in [6, 6.07) is 8.98. The number of benzene rings is 2. The zero-order valence-corrected chi connectivity index (χ0v) is 36.3. The molecule has 0 spiro atoms. The number of aliphatic imine (C=N–C) groups is 2. The van der Waals surface area contributed by atoms with Crippen molar-refractivity contribution in [3.8, 4) is 34.9 Å². The number of nitrogens with two attached hydrogens (primary N) is 2. The van der Waals surface area contributed by atoms with Crippen LogP contribution < -0.4 is 11.5 Å². The average molecular weight is 797 g/mol. The Kier molecular flexibility index (Phi) is 12.2. The first-order valence-corrected chi connectivity index (χ1v) is 20.7. The van der Waals surface area contributed by atoms with Gasteiger partial charge in [-0.15, -0.1) is 0 Å². The Morgan fingerprint density at radius 1 is 0.814 bits per heavy atom. The van der Waals surface area contributed by atoms with Crippen LogP contribution >= 0.6 is 0 Å². The zero-order valence-electron chi connectivity index (χ0n) is 36.3. The number of halogens is 2. The molecule has 2 saturated carbocycles. The molecule has 2 bridgehead atoms. The Labute approximate surface area is 349 Å². The van der Waals surface area contributed by atoms with Gasteiger partial charge in [0.25, 0.3) is 0 Å². The van der Waals surface area contributed by atoms with Crippen LogP contribution in [-0.2, 0) is 14.1 Å². The minimum atomic E-state index is -0.284. The standard InChI is InChI=1S/C24H24FN5.C23H28FN3.C2H6/c1-12(23-27-11-13(2)28-23)5-6-15-9-19-18(10-20(15)25)16-7-17(8-16)22-21(19)29-24(14(3)26)30(22)4;1-14(25)22-26-15(2)21(27(22)6)19-11-18(12-19)17-8-7-16(20(24)13-17)9-10-23(3,4)5;1-2/h9-10,12,16-17H,3,7-8,11,26H2,1-2,4H3;7-8,13,18-19H,1,11-12,25H2,2-6H3;1-2H3. The Morgan fingerprint density at radius 3 is 1.98 bits per heavy atom. The molecule has 10 heteroatoms. The van der Waals surface area contributed by atoms with Gasteiger partial charge in [0.05, 0.1) is 46.4 Å². The fourth-order valence-corrected chi connectivity index (χ4v) is 8.49. The maximum Gasteiger partial charge on any atom is 0.155 e. The molecule has 0 radical (unpaired) electrons. The summed E-state index contributed by atoms with van der Waals surface area (Å²) in [5.74, 6) is 15.2. The highest BCUT2D eigenvalue weighted by Gasteiger charge is 2.42. The molecule has 0 saturated heterocycles. The molecule has 4 aromatic rings. The highest BCUT2D eigenvalue weighted by Crippen LogP contribution is 2.56. The topological polar surface area (TPSA) is 112 Å². The lowest BCUT2D eigenvalue weighted by atomic mass is 9.69. The SMILES string of the molecule is C=C(N)c1nc(C)c(C2CC(c3ccc(C#CC(C)(C)C)c(F)c3)C2)n1C.C=C(N)c1nc2c(n1C)C1CC(C1)c1cc(F)c(C#CC(C)C3=NCC(C)=N3)cc1-2.CC. The number of aryl methyl sites for hydroxylation is 1. The van der Waals surface area contributed by atoms with Crippen LogP contribution in [0.2, 0.25) is 0 Å². The van der Waals surface area contributed by atoms with Gasteiger partial charge < -0.3 is 20.6 Å². The van der Waals surface area contributed by atoms with E-state index in [0.29, 0.717) is 64.4 Å². The quantitative estimate of drug-likeness (QED) is 0.196. The number of imidazole rings is 2. The van der Waals surface area contributed by atoms with Crippen molar-refractivity contribution in [2.45, 2.75) is 105 Å². The molecule has 308 valence electrons. The second-order valence-electron chi connectivity index (χ2n) is 17.1. The second-order valence-corrected chi connectivity index (χ2v) is 17.1. The summed E-state index contributed by atoms with van der Waals surface area (Å²) in [6.07, 6.45) is 4.00. The van der Waals surface area contributed by atoms with Gasteiger partial charge in [-0.05, 0) is 114 Å². The largest absolute Gasteiger partial charge is 0.396 e. The van der Waals surface area contributed by atoms with Crippen LogP contribution in [0.15, 0.2) is 53.5 Å². The molecular formula is C49H58F2N8. The number of amidine groups is 1. The smallest absolute Gasteiger partial charge is 0.155 e. The van der Waals surface area contributed by atoms with Crippen LogP contribution in [0, 0.1) is 53.6 Å². The van der Waals surface area contributed by atoms with E-state index in [1.165, 1.54) is 5.69 Å². The van der Waals surface area contributed by atoms with Crippen LogP contribution in [0.3, 0.4) is 0 Å². The molecule has 3 heterocycles. The van der Waals surface area contributed by atoms with Crippen LogP contribution in [0.1, 0.15) is 149 Å². The van der Waals surface area contributed by atoms with Gasteiger partial charge in [0.15, 0.2) is 11.6 Å². The van der Waals surface area contributed by atoms with Gasteiger partial charge in [0.1, 0.15) is 17.5 Å². The first-order chi connectivity index (χ1) is 27.9. The normalized spacial score (nSPS) is 20.0. The van der Waals surface area contributed by atoms with Crippen molar-refractivity contribution in [3.63, 3.8) is 0 Å². The predicted molar refractivity (Wildman–Crippen MR) is 238 cm³/mol. The van der Waals surface area contributed by atoms with E-state index in [4.69, 9.17) is 16.5 Å². The molecule has 0 amide bonds. The summed E-state index contributed by atoms with van der Waals surface area (Å²) in [4.78, 5) is 18.1. The van der Waals surface area contributed by atoms with Gasteiger partial charge in [-0.1, -0.05) is 56.8 Å². The first-order valence-electron chi connectivity index (χ1n) is 20.7. The van der Waals surface area contributed by atoms with Crippen molar-refractivity contribution < 1.29 is 8.78 Å². The highest BCUT2D eigenvalue weighted by atomic mass is 19.1. The van der Waals surface area contributed by atoms with E-state index in [1.807, 2.05) is 96.8 Å². The highest BCUT2D eigenvalue weighted by molar-refractivity contribution is 6.04. The van der Waals surface area contributed by atoms with Crippen molar-refractivity contribution in [1.82, 2.24) is 19.1 Å². The average Bonchev–Trinajstić information content (AvgIpc) is 3.76.